The Morgan fingerprint density at radius 1 is 0.239 bits per heavy atom. The van der Waals surface area contributed by atoms with E-state index in [0.717, 1.165) is 39.8 Å². The second-order valence-electron chi connectivity index (χ2n) is 18.1. The van der Waals surface area contributed by atoms with Crippen LogP contribution >= 0.6 is 22.7 Å². The summed E-state index contributed by atoms with van der Waals surface area (Å²) >= 11 is 3.72. The van der Waals surface area contributed by atoms with Crippen LogP contribution in [0.2, 0.25) is 0 Å². The minimum atomic E-state index is 1.08. The van der Waals surface area contributed by atoms with Crippen molar-refractivity contribution in [1.82, 2.24) is 4.57 Å². The lowest BCUT2D eigenvalue weighted by atomic mass is 10.0. The first-order chi connectivity index (χ1) is 35.2. The van der Waals surface area contributed by atoms with E-state index in [1.807, 2.05) is 22.7 Å². The zero-order valence-electron chi connectivity index (χ0n) is 38.5. The van der Waals surface area contributed by atoms with Crippen LogP contribution in [0.1, 0.15) is 0 Å². The molecule has 0 N–H and O–H groups in total. The second kappa shape index (κ2) is 17.0. The van der Waals surface area contributed by atoms with Crippen molar-refractivity contribution in [3.05, 3.63) is 261 Å². The monoisotopic (exact) mass is 941 g/mol. The van der Waals surface area contributed by atoms with E-state index in [1.165, 1.54) is 84.4 Å². The Kier molecular flexibility index (Phi) is 9.90. The van der Waals surface area contributed by atoms with Crippen LogP contribution in [0, 0.1) is 0 Å². The van der Waals surface area contributed by atoms with E-state index in [2.05, 4.69) is 275 Å². The Morgan fingerprint density at radius 2 is 0.704 bits per heavy atom. The molecule has 0 aliphatic carbocycles. The van der Waals surface area contributed by atoms with E-state index >= 15 is 0 Å². The highest BCUT2D eigenvalue weighted by Crippen LogP contribution is 2.46. The SMILES string of the molecule is c1ccc(-c2ccc(N(c3ccccc3)c3cccc(N(c4ccc5c(c4)sc4ccc(-c6ccc7c8ccccc8n(-c8ccccc8)c7c6)cc45)c4ccc5sc6ccccc6c5c4)c3)cc2)cc1. The number of benzene rings is 11. The third-order valence-corrected chi connectivity index (χ3v) is 16.2. The Morgan fingerprint density at radius 3 is 1.51 bits per heavy atom. The number of aromatic nitrogens is 1. The molecule has 0 aliphatic heterocycles. The third kappa shape index (κ3) is 7.17. The van der Waals surface area contributed by atoms with Gasteiger partial charge in [-0.1, -0.05) is 146 Å². The molecule has 3 heterocycles. The first-order valence-electron chi connectivity index (χ1n) is 24.1. The largest absolute Gasteiger partial charge is 0.310 e. The van der Waals surface area contributed by atoms with Crippen LogP contribution in [-0.4, -0.2) is 4.57 Å². The fourth-order valence-electron chi connectivity index (χ4n) is 10.6. The van der Waals surface area contributed by atoms with Crippen molar-refractivity contribution in [1.29, 1.82) is 0 Å². The lowest BCUT2D eigenvalue weighted by Crippen LogP contribution is -2.13. The van der Waals surface area contributed by atoms with Gasteiger partial charge in [0, 0.05) is 90.9 Å². The van der Waals surface area contributed by atoms with Gasteiger partial charge in [-0.3, -0.25) is 0 Å². The van der Waals surface area contributed by atoms with E-state index < -0.39 is 0 Å². The normalized spacial score (nSPS) is 11.7. The van der Waals surface area contributed by atoms with E-state index in [9.17, 15) is 0 Å². The molecule has 0 spiro atoms. The maximum atomic E-state index is 2.44. The number of hydrogen-bond acceptors (Lipinski definition) is 4. The quantitative estimate of drug-likeness (QED) is 0.143. The minimum absolute atomic E-state index is 1.08. The Bertz CT molecular complexity index is 4290. The predicted molar refractivity (Wildman–Crippen MR) is 307 cm³/mol. The number of rotatable bonds is 9. The van der Waals surface area contributed by atoms with Gasteiger partial charge in [0.2, 0.25) is 0 Å². The Balaban J connectivity index is 0.896. The molecular weight excluding hydrogens is 899 g/mol. The number of anilines is 6. The van der Waals surface area contributed by atoms with E-state index in [4.69, 9.17) is 0 Å². The van der Waals surface area contributed by atoms with Crippen LogP contribution in [-0.2, 0) is 0 Å². The van der Waals surface area contributed by atoms with Crippen molar-refractivity contribution in [2.75, 3.05) is 9.80 Å². The van der Waals surface area contributed by atoms with Gasteiger partial charge < -0.3 is 14.4 Å². The van der Waals surface area contributed by atoms with Crippen molar-refractivity contribution in [3.8, 4) is 27.9 Å². The van der Waals surface area contributed by atoms with Crippen molar-refractivity contribution < 1.29 is 0 Å². The molecule has 0 saturated carbocycles. The molecule has 0 atom stereocenters. The fourth-order valence-corrected chi connectivity index (χ4v) is 12.8. The molecule has 5 heteroatoms. The van der Waals surface area contributed by atoms with Crippen molar-refractivity contribution in [2.45, 2.75) is 0 Å². The van der Waals surface area contributed by atoms with Gasteiger partial charge in [-0.25, -0.2) is 0 Å². The van der Waals surface area contributed by atoms with Gasteiger partial charge in [-0.05, 0) is 138 Å². The molecule has 14 rings (SSSR count). The molecule has 14 aromatic rings. The summed E-state index contributed by atoms with van der Waals surface area (Å²) in [5.74, 6) is 0. The van der Waals surface area contributed by atoms with Gasteiger partial charge in [0.1, 0.15) is 0 Å². The molecule has 3 nitrogen and oxygen atoms in total. The topological polar surface area (TPSA) is 11.4 Å². The zero-order chi connectivity index (χ0) is 46.8. The van der Waals surface area contributed by atoms with Crippen LogP contribution in [0.3, 0.4) is 0 Å². The van der Waals surface area contributed by atoms with Crippen LogP contribution in [0.15, 0.2) is 261 Å². The Labute approximate surface area is 419 Å². The summed E-state index contributed by atoms with van der Waals surface area (Å²) in [7, 11) is 0. The maximum absolute atomic E-state index is 2.44. The molecule has 334 valence electrons. The first kappa shape index (κ1) is 41.3. The van der Waals surface area contributed by atoms with Gasteiger partial charge in [-0.15, -0.1) is 22.7 Å². The van der Waals surface area contributed by atoms with Crippen LogP contribution < -0.4 is 9.80 Å². The molecule has 0 aliphatic rings. The Hall–Kier alpha value is -8.74. The molecule has 0 fully saturated rings. The maximum Gasteiger partial charge on any atom is 0.0547 e. The lowest BCUT2D eigenvalue weighted by molar-refractivity contribution is 1.18. The number of para-hydroxylation sites is 3. The lowest BCUT2D eigenvalue weighted by Gasteiger charge is -2.29. The summed E-state index contributed by atoms with van der Waals surface area (Å²) in [6, 6.07) is 95.4. The van der Waals surface area contributed by atoms with Gasteiger partial charge >= 0.3 is 0 Å². The molecule has 0 saturated heterocycles. The molecule has 0 amide bonds. The zero-order valence-corrected chi connectivity index (χ0v) is 40.1. The number of fused-ring (bicyclic) bond motifs is 9. The summed E-state index contributed by atoms with van der Waals surface area (Å²) in [6.45, 7) is 0. The van der Waals surface area contributed by atoms with Crippen LogP contribution in [0.5, 0.6) is 0 Å². The van der Waals surface area contributed by atoms with Crippen LogP contribution in [0.25, 0.3) is 90.1 Å². The number of thiophene rings is 2. The number of nitrogens with zero attached hydrogens (tertiary/aromatic N) is 3. The fraction of sp³-hybridized carbons (Fsp3) is 0. The summed E-state index contributed by atoms with van der Waals surface area (Å²) in [5, 5.41) is 7.61. The minimum Gasteiger partial charge on any atom is -0.310 e. The van der Waals surface area contributed by atoms with E-state index in [-0.39, 0.29) is 0 Å². The average molecular weight is 942 g/mol. The molecular formula is C66H43N3S2. The molecule has 0 radical (unpaired) electrons. The summed E-state index contributed by atoms with van der Waals surface area (Å²) in [5.41, 5.74) is 15.0. The van der Waals surface area contributed by atoms with Crippen molar-refractivity contribution in [2.24, 2.45) is 0 Å². The van der Waals surface area contributed by atoms with Crippen LogP contribution in [0.4, 0.5) is 34.1 Å². The highest BCUT2D eigenvalue weighted by molar-refractivity contribution is 7.26. The second-order valence-corrected chi connectivity index (χ2v) is 20.3. The molecule has 0 bridgehead atoms. The van der Waals surface area contributed by atoms with Gasteiger partial charge in [-0.2, -0.15) is 0 Å². The van der Waals surface area contributed by atoms with Gasteiger partial charge in [0.05, 0.1) is 11.0 Å². The third-order valence-electron chi connectivity index (χ3n) is 13.9. The predicted octanol–water partition coefficient (Wildman–Crippen LogP) is 19.8. The standard InChI is InChI=1S/C66H43N3S2/c1-4-15-44(16-5-1)45-27-31-50(32-28-45)67(48-17-6-2-7-18-48)51-21-14-22-52(41-51)68(53-34-38-65-60(42-53)57-24-11-13-26-63(57)70-65)54-33-36-58-59-39-46(30-37-64(59)71-66(58)43-54)47-29-35-56-55-23-10-12-25-61(55)69(62(56)40-47)49-19-8-3-9-20-49/h1-43H. The summed E-state index contributed by atoms with van der Waals surface area (Å²) in [6.07, 6.45) is 0. The average Bonchev–Trinajstić information content (AvgIpc) is 4.11. The molecule has 11 aromatic carbocycles. The highest BCUT2D eigenvalue weighted by Gasteiger charge is 2.21. The number of hydrogen-bond donors (Lipinski definition) is 0. The summed E-state index contributed by atoms with van der Waals surface area (Å²) < 4.78 is 7.51. The van der Waals surface area contributed by atoms with Crippen molar-refractivity contribution >= 4 is 119 Å². The summed E-state index contributed by atoms with van der Waals surface area (Å²) in [4.78, 5) is 4.80. The molecule has 0 unspecified atom stereocenters. The smallest absolute Gasteiger partial charge is 0.0547 e. The van der Waals surface area contributed by atoms with Gasteiger partial charge in [0.15, 0.2) is 0 Å². The van der Waals surface area contributed by atoms with Crippen molar-refractivity contribution in [3.63, 3.8) is 0 Å². The van der Waals surface area contributed by atoms with E-state index in [1.54, 1.807) is 0 Å². The molecule has 3 aromatic heterocycles. The molecule has 71 heavy (non-hydrogen) atoms. The van der Waals surface area contributed by atoms with Gasteiger partial charge in [0.25, 0.3) is 0 Å². The van der Waals surface area contributed by atoms with E-state index in [0.29, 0.717) is 0 Å². The first-order valence-corrected chi connectivity index (χ1v) is 25.7. The highest BCUT2D eigenvalue weighted by atomic mass is 32.1.